The van der Waals surface area contributed by atoms with Crippen LogP contribution < -0.4 is 20.7 Å². The molecule has 30 heavy (non-hydrogen) atoms. The summed E-state index contributed by atoms with van der Waals surface area (Å²) in [4.78, 5) is 35.1. The summed E-state index contributed by atoms with van der Waals surface area (Å²) < 4.78 is 5.48. The molecule has 1 aromatic carbocycles. The maximum atomic E-state index is 12.5. The van der Waals surface area contributed by atoms with Crippen molar-refractivity contribution in [3.05, 3.63) is 47.0 Å². The highest BCUT2D eigenvalue weighted by Crippen LogP contribution is 2.37. The number of methoxy groups -OCH3 is 1. The number of ether oxygens (including phenoxy) is 1. The Morgan fingerprint density at radius 1 is 1.27 bits per heavy atom. The number of anilines is 2. The van der Waals surface area contributed by atoms with Crippen LogP contribution >= 0.6 is 0 Å². The summed E-state index contributed by atoms with van der Waals surface area (Å²) in [5, 5.41) is 2.76. The van der Waals surface area contributed by atoms with Gasteiger partial charge in [-0.25, -0.2) is 0 Å². The third-order valence-electron chi connectivity index (χ3n) is 4.88. The molecule has 0 unspecified atom stereocenters. The summed E-state index contributed by atoms with van der Waals surface area (Å²) in [6, 6.07) is 9.92. The van der Waals surface area contributed by atoms with Gasteiger partial charge in [0.05, 0.1) is 12.8 Å². The van der Waals surface area contributed by atoms with E-state index in [1.165, 1.54) is 7.11 Å². The van der Waals surface area contributed by atoms with Gasteiger partial charge < -0.3 is 15.4 Å². The van der Waals surface area contributed by atoms with Crippen molar-refractivity contribution in [3.8, 4) is 5.88 Å². The minimum atomic E-state index is -0.614. The van der Waals surface area contributed by atoms with Crippen molar-refractivity contribution in [2.24, 2.45) is 11.1 Å². The Bertz CT molecular complexity index is 980. The number of carbonyl (C=O) groups excluding carboxylic acids is 2. The molecule has 0 fully saturated rings. The van der Waals surface area contributed by atoms with Crippen LogP contribution in [0.4, 0.5) is 11.8 Å². The van der Waals surface area contributed by atoms with Crippen molar-refractivity contribution in [3.63, 3.8) is 0 Å². The first kappa shape index (κ1) is 21.3. The number of fused-ring (bicyclic) bond motifs is 1. The Morgan fingerprint density at radius 3 is 2.57 bits per heavy atom. The fourth-order valence-corrected chi connectivity index (χ4v) is 3.12. The van der Waals surface area contributed by atoms with E-state index >= 15 is 0 Å². The zero-order valence-corrected chi connectivity index (χ0v) is 17.7. The molecule has 1 aliphatic rings. The van der Waals surface area contributed by atoms with Crippen molar-refractivity contribution < 1.29 is 14.3 Å². The monoisotopic (exact) mass is 409 g/mol. The fraction of sp³-hybridized carbons (Fsp3) is 0.364. The maximum absolute atomic E-state index is 12.5. The molecule has 1 aliphatic heterocycles. The van der Waals surface area contributed by atoms with Gasteiger partial charge in [0.1, 0.15) is 17.7 Å². The molecule has 1 amide bonds. The molecule has 1 aromatic heterocycles. The molecule has 158 valence electrons. The summed E-state index contributed by atoms with van der Waals surface area (Å²) in [6.45, 7) is 6.51. The second-order valence-corrected chi connectivity index (χ2v) is 8.17. The van der Waals surface area contributed by atoms with Crippen LogP contribution in [-0.2, 0) is 16.1 Å². The molecule has 3 N–H and O–H groups in total. The van der Waals surface area contributed by atoms with Crippen molar-refractivity contribution in [1.29, 1.82) is 0 Å². The van der Waals surface area contributed by atoms with E-state index in [1.54, 1.807) is 0 Å². The van der Waals surface area contributed by atoms with Crippen LogP contribution in [0.5, 0.6) is 5.88 Å². The van der Waals surface area contributed by atoms with Gasteiger partial charge in [0.2, 0.25) is 17.7 Å². The van der Waals surface area contributed by atoms with E-state index in [0.29, 0.717) is 42.2 Å². The Hall–Kier alpha value is -3.42. The number of amides is 1. The van der Waals surface area contributed by atoms with Crippen LogP contribution in [0.15, 0.2) is 35.9 Å². The largest absolute Gasteiger partial charge is 0.480 e. The highest BCUT2D eigenvalue weighted by atomic mass is 16.5. The fourth-order valence-electron chi connectivity index (χ4n) is 3.12. The Morgan fingerprint density at radius 2 is 1.97 bits per heavy atom. The summed E-state index contributed by atoms with van der Waals surface area (Å²) in [7, 11) is 1.47. The van der Waals surface area contributed by atoms with Gasteiger partial charge in [-0.2, -0.15) is 9.97 Å². The molecule has 0 radical (unpaired) electrons. The summed E-state index contributed by atoms with van der Waals surface area (Å²) in [5.41, 5.74) is 8.02. The van der Waals surface area contributed by atoms with E-state index in [9.17, 15) is 9.59 Å². The molecular weight excluding hydrogens is 382 g/mol. The lowest BCUT2D eigenvalue weighted by molar-refractivity contribution is -0.123. The maximum Gasteiger partial charge on any atom is 0.234 e. The molecule has 0 saturated carbocycles. The topological polar surface area (TPSA) is 110 Å². The van der Waals surface area contributed by atoms with Crippen molar-refractivity contribution in [1.82, 2.24) is 9.97 Å². The Balaban J connectivity index is 2.12. The molecule has 0 atom stereocenters. The second kappa shape index (κ2) is 8.52. The number of hydrogen-bond donors (Lipinski definition) is 2. The number of nitrogens with one attached hydrogen (secondary N) is 1. The standard InChI is InChI=1S/C22H27N5O3/c1-22(2,3)20(29)26-21-24-18-16(19(25-21)30-4)17(23)15(13-28)10-11-27(18)12-14-8-6-5-7-9-14/h5-9,13H,10-12,23H2,1-4H3,(H,24,25,26,29). The normalized spacial score (nSPS) is 14.1. The SMILES string of the molecule is COc1nc(NC(=O)C(C)(C)C)nc2c1C(N)=C(C=O)CCN2Cc1ccccc1. The summed E-state index contributed by atoms with van der Waals surface area (Å²) >= 11 is 0. The molecular formula is C22H27N5O3. The average Bonchev–Trinajstić information content (AvgIpc) is 2.84. The number of aldehydes is 1. The molecule has 0 bridgehead atoms. The molecule has 2 aromatic rings. The molecule has 8 nitrogen and oxygen atoms in total. The Labute approximate surface area is 176 Å². The lowest BCUT2D eigenvalue weighted by atomic mass is 9.96. The van der Waals surface area contributed by atoms with Gasteiger partial charge in [-0.15, -0.1) is 0 Å². The third-order valence-corrected chi connectivity index (χ3v) is 4.88. The van der Waals surface area contributed by atoms with Crippen LogP contribution in [0, 0.1) is 5.41 Å². The van der Waals surface area contributed by atoms with Crippen molar-refractivity contribution in [2.45, 2.75) is 33.7 Å². The first-order valence-electron chi connectivity index (χ1n) is 9.75. The quantitative estimate of drug-likeness (QED) is 0.731. The molecule has 8 heteroatoms. The van der Waals surface area contributed by atoms with Gasteiger partial charge in [-0.1, -0.05) is 51.1 Å². The van der Waals surface area contributed by atoms with E-state index < -0.39 is 5.41 Å². The van der Waals surface area contributed by atoms with E-state index in [-0.39, 0.29) is 17.7 Å². The molecule has 0 saturated heterocycles. The molecule has 0 spiro atoms. The van der Waals surface area contributed by atoms with Crippen LogP contribution in [0.25, 0.3) is 5.70 Å². The first-order valence-corrected chi connectivity index (χ1v) is 9.75. The number of carbonyl (C=O) groups is 2. The zero-order valence-electron chi connectivity index (χ0n) is 17.7. The van der Waals surface area contributed by atoms with E-state index in [4.69, 9.17) is 10.5 Å². The number of aromatic nitrogens is 2. The number of rotatable bonds is 5. The minimum Gasteiger partial charge on any atom is -0.480 e. The lowest BCUT2D eigenvalue weighted by Crippen LogP contribution is -2.30. The van der Waals surface area contributed by atoms with Gasteiger partial charge in [-0.3, -0.25) is 14.9 Å². The first-order chi connectivity index (χ1) is 14.2. The zero-order chi connectivity index (χ0) is 21.9. The minimum absolute atomic E-state index is 0.130. The summed E-state index contributed by atoms with van der Waals surface area (Å²) in [5.74, 6) is 0.640. The highest BCUT2D eigenvalue weighted by Gasteiger charge is 2.29. The smallest absolute Gasteiger partial charge is 0.234 e. The average molecular weight is 409 g/mol. The van der Waals surface area contributed by atoms with E-state index in [1.807, 2.05) is 56.0 Å². The van der Waals surface area contributed by atoms with Crippen molar-refractivity contribution in [2.75, 3.05) is 23.9 Å². The van der Waals surface area contributed by atoms with Crippen LogP contribution in [0.1, 0.15) is 38.3 Å². The number of benzene rings is 1. The predicted octanol–water partition coefficient (Wildman–Crippen LogP) is 2.75. The van der Waals surface area contributed by atoms with Crippen LogP contribution in [0.3, 0.4) is 0 Å². The third kappa shape index (κ3) is 4.42. The van der Waals surface area contributed by atoms with E-state index in [0.717, 1.165) is 11.8 Å². The number of nitrogens with two attached hydrogens (primary N) is 1. The number of nitrogens with zero attached hydrogens (tertiary/aromatic N) is 3. The van der Waals surface area contributed by atoms with Gasteiger partial charge >= 0.3 is 0 Å². The van der Waals surface area contributed by atoms with Gasteiger partial charge in [0, 0.05) is 24.1 Å². The molecule has 3 rings (SSSR count). The van der Waals surface area contributed by atoms with Crippen LogP contribution in [-0.4, -0.2) is 35.8 Å². The highest BCUT2D eigenvalue weighted by molar-refractivity contribution is 5.95. The second-order valence-electron chi connectivity index (χ2n) is 8.17. The van der Waals surface area contributed by atoms with Gasteiger partial charge in [0.15, 0.2) is 0 Å². The lowest BCUT2D eigenvalue weighted by Gasteiger charge is -2.25. The Kier molecular flexibility index (Phi) is 6.05. The number of hydrogen-bond acceptors (Lipinski definition) is 7. The van der Waals surface area contributed by atoms with Crippen molar-refractivity contribution >= 4 is 29.7 Å². The predicted molar refractivity (Wildman–Crippen MR) is 116 cm³/mol. The molecule has 0 aliphatic carbocycles. The van der Waals surface area contributed by atoms with E-state index in [2.05, 4.69) is 15.3 Å². The molecule has 2 heterocycles. The summed E-state index contributed by atoms with van der Waals surface area (Å²) in [6.07, 6.45) is 1.23. The van der Waals surface area contributed by atoms with Gasteiger partial charge in [-0.05, 0) is 12.0 Å². The van der Waals surface area contributed by atoms with Crippen LogP contribution in [0.2, 0.25) is 0 Å². The van der Waals surface area contributed by atoms with Gasteiger partial charge in [0.25, 0.3) is 0 Å².